The number of rotatable bonds is 3. The fourth-order valence-corrected chi connectivity index (χ4v) is 8.07. The highest BCUT2D eigenvalue weighted by atomic mass is 35.5. The number of halogens is 2. The van der Waals surface area contributed by atoms with Crippen molar-refractivity contribution in [3.63, 3.8) is 0 Å². The molecule has 6 atom stereocenters. The van der Waals surface area contributed by atoms with Crippen molar-refractivity contribution in [2.24, 2.45) is 23.2 Å². The predicted octanol–water partition coefficient (Wildman–Crippen LogP) is 7.11. The van der Waals surface area contributed by atoms with Gasteiger partial charge in [0.15, 0.2) is 0 Å². The number of benzene rings is 2. The lowest BCUT2D eigenvalue weighted by molar-refractivity contribution is -0.0726. The van der Waals surface area contributed by atoms with E-state index < -0.39 is 0 Å². The van der Waals surface area contributed by atoms with E-state index in [1.165, 1.54) is 24.0 Å². The van der Waals surface area contributed by atoms with Crippen LogP contribution in [0.5, 0.6) is 5.75 Å². The highest BCUT2D eigenvalue weighted by molar-refractivity contribution is 6.42. The highest BCUT2D eigenvalue weighted by Crippen LogP contribution is 2.63. The second kappa shape index (κ2) is 8.34. The zero-order valence-electron chi connectivity index (χ0n) is 19.7. The summed E-state index contributed by atoms with van der Waals surface area (Å²) < 4.78 is 11.7. The van der Waals surface area contributed by atoms with Gasteiger partial charge in [-0.3, -0.25) is 0 Å². The van der Waals surface area contributed by atoms with Crippen LogP contribution in [0.15, 0.2) is 36.4 Å². The molecule has 0 aromatic heterocycles. The molecule has 2 aromatic carbocycles. The van der Waals surface area contributed by atoms with Crippen LogP contribution in [-0.4, -0.2) is 30.8 Å². The minimum atomic E-state index is -0.197. The second-order valence-electron chi connectivity index (χ2n) is 11.0. The number of hydrogen-bond acceptors (Lipinski definition) is 3. The molecule has 4 nitrogen and oxygen atoms in total. The molecule has 0 spiro atoms. The van der Waals surface area contributed by atoms with Crippen molar-refractivity contribution in [1.82, 2.24) is 4.90 Å². The summed E-state index contributed by atoms with van der Waals surface area (Å²) in [5, 5.41) is 1.05. The molecule has 6 rings (SSSR count). The minimum Gasteiger partial charge on any atom is -0.497 e. The Morgan fingerprint density at radius 3 is 2.79 bits per heavy atom. The van der Waals surface area contributed by atoms with Crippen LogP contribution in [0.2, 0.25) is 10.0 Å². The van der Waals surface area contributed by atoms with Crippen LogP contribution in [0, 0.1) is 23.2 Å². The lowest BCUT2D eigenvalue weighted by atomic mass is 9.55. The minimum absolute atomic E-state index is 0.0215. The van der Waals surface area contributed by atoms with Gasteiger partial charge in [0.05, 0.1) is 17.2 Å². The molecule has 6 heteroatoms. The number of aryl methyl sites for hydroxylation is 1. The molecule has 34 heavy (non-hydrogen) atoms. The van der Waals surface area contributed by atoms with Gasteiger partial charge in [-0.2, -0.15) is 0 Å². The van der Waals surface area contributed by atoms with Crippen molar-refractivity contribution in [2.45, 2.75) is 57.6 Å². The second-order valence-corrected chi connectivity index (χ2v) is 11.8. The van der Waals surface area contributed by atoms with Crippen molar-refractivity contribution in [2.75, 3.05) is 13.7 Å². The maximum absolute atomic E-state index is 13.0. The molecule has 2 aromatic rings. The predicted molar refractivity (Wildman–Crippen MR) is 134 cm³/mol. The average molecular weight is 500 g/mol. The molecular weight excluding hydrogens is 469 g/mol. The van der Waals surface area contributed by atoms with Gasteiger partial charge < -0.3 is 14.4 Å². The van der Waals surface area contributed by atoms with Crippen LogP contribution in [0.1, 0.15) is 55.2 Å². The number of hydrogen-bond donors (Lipinski definition) is 0. The Morgan fingerprint density at radius 1 is 1.15 bits per heavy atom. The summed E-state index contributed by atoms with van der Waals surface area (Å²) in [5.41, 5.74) is 4.03. The molecule has 2 saturated carbocycles. The van der Waals surface area contributed by atoms with Gasteiger partial charge in [0, 0.05) is 24.4 Å². The average Bonchev–Trinajstić information content (AvgIpc) is 3.12. The Kier molecular flexibility index (Phi) is 5.53. The van der Waals surface area contributed by atoms with E-state index in [4.69, 9.17) is 32.7 Å². The summed E-state index contributed by atoms with van der Waals surface area (Å²) in [6, 6.07) is 12.2. The lowest BCUT2D eigenvalue weighted by Crippen LogP contribution is -2.51. The van der Waals surface area contributed by atoms with E-state index in [0.717, 1.165) is 37.1 Å². The van der Waals surface area contributed by atoms with E-state index in [1.54, 1.807) is 13.2 Å². The number of carbonyl (C=O) groups is 1. The third-order valence-corrected chi connectivity index (χ3v) is 10.0. The van der Waals surface area contributed by atoms with Gasteiger partial charge in [0.2, 0.25) is 0 Å². The van der Waals surface area contributed by atoms with Gasteiger partial charge in [-0.1, -0.05) is 42.3 Å². The Bertz CT molecular complexity index is 1140. The number of amides is 1. The number of ether oxygens (including phenoxy) is 2. The van der Waals surface area contributed by atoms with Gasteiger partial charge in [0.1, 0.15) is 11.9 Å². The first kappa shape index (κ1) is 22.5. The molecule has 1 amide bonds. The summed E-state index contributed by atoms with van der Waals surface area (Å²) in [7, 11) is 1.74. The van der Waals surface area contributed by atoms with Gasteiger partial charge in [-0.15, -0.1) is 0 Å². The topological polar surface area (TPSA) is 38.8 Å². The third kappa shape index (κ3) is 3.52. The molecule has 3 fully saturated rings. The molecule has 180 valence electrons. The Hall–Kier alpha value is -1.91. The Labute approximate surface area is 211 Å². The molecule has 4 aliphatic rings. The zero-order chi connectivity index (χ0) is 23.6. The first-order valence-electron chi connectivity index (χ1n) is 12.4. The summed E-state index contributed by atoms with van der Waals surface area (Å²) in [6.07, 6.45) is 5.57. The van der Waals surface area contributed by atoms with Crippen LogP contribution in [-0.2, 0) is 17.7 Å². The number of fused-ring (bicyclic) bond motifs is 7. The van der Waals surface area contributed by atoms with Gasteiger partial charge in [0.25, 0.3) is 0 Å². The van der Waals surface area contributed by atoms with E-state index >= 15 is 0 Å². The van der Waals surface area contributed by atoms with E-state index in [1.807, 2.05) is 17.0 Å². The maximum Gasteiger partial charge on any atom is 0.410 e. The molecule has 3 aliphatic carbocycles. The van der Waals surface area contributed by atoms with E-state index in [-0.39, 0.29) is 17.6 Å². The van der Waals surface area contributed by atoms with Crippen molar-refractivity contribution < 1.29 is 14.3 Å². The highest BCUT2D eigenvalue weighted by Gasteiger charge is 2.61. The molecule has 0 radical (unpaired) electrons. The van der Waals surface area contributed by atoms with Gasteiger partial charge in [-0.25, -0.2) is 4.79 Å². The first-order chi connectivity index (χ1) is 16.4. The number of methoxy groups -OCH3 is 1. The van der Waals surface area contributed by atoms with Crippen molar-refractivity contribution in [1.29, 1.82) is 0 Å². The Balaban J connectivity index is 1.22. The van der Waals surface area contributed by atoms with Crippen LogP contribution in [0.25, 0.3) is 0 Å². The van der Waals surface area contributed by atoms with Gasteiger partial charge >= 0.3 is 6.09 Å². The van der Waals surface area contributed by atoms with E-state index in [0.29, 0.717) is 40.3 Å². The monoisotopic (exact) mass is 499 g/mol. The molecule has 1 aliphatic heterocycles. The Morgan fingerprint density at radius 2 is 2.00 bits per heavy atom. The van der Waals surface area contributed by atoms with Crippen molar-refractivity contribution in [3.05, 3.63) is 63.1 Å². The zero-order valence-corrected chi connectivity index (χ0v) is 21.2. The van der Waals surface area contributed by atoms with Crippen LogP contribution in [0.3, 0.4) is 0 Å². The molecule has 1 heterocycles. The van der Waals surface area contributed by atoms with Crippen molar-refractivity contribution >= 4 is 29.3 Å². The van der Waals surface area contributed by atoms with Crippen molar-refractivity contribution in [3.8, 4) is 5.75 Å². The number of nitrogens with zero attached hydrogens (tertiary/aromatic N) is 1. The standard InChI is InChI=1S/C28H31Cl2NO3/c1-28-10-9-21-20-7-5-19(33-2)12-17(20)4-6-22(21)23(28)13-18-15-31(27(32)34-26(18)28)14-16-3-8-24(29)25(30)11-16/h3,5,7-8,11-12,18,21-23,26H,4,6,9-10,13-15H2,1-2H3/t18-,21+,22+,23-,26+,28-/m0/s1. The normalized spacial score (nSPS) is 33.9. The van der Waals surface area contributed by atoms with Crippen LogP contribution >= 0.6 is 23.2 Å². The number of carbonyl (C=O) groups excluding carboxylic acids is 1. The van der Waals surface area contributed by atoms with E-state index in [9.17, 15) is 4.79 Å². The fourth-order valence-electron chi connectivity index (χ4n) is 7.75. The fraction of sp³-hybridized carbons (Fsp3) is 0.536. The molecule has 0 unspecified atom stereocenters. The summed E-state index contributed by atoms with van der Waals surface area (Å²) in [5.74, 6) is 3.20. The third-order valence-electron chi connectivity index (χ3n) is 9.30. The summed E-state index contributed by atoms with van der Waals surface area (Å²) >= 11 is 12.3. The smallest absolute Gasteiger partial charge is 0.410 e. The molecule has 0 N–H and O–H groups in total. The van der Waals surface area contributed by atoms with Gasteiger partial charge in [-0.05, 0) is 90.8 Å². The molecule has 1 saturated heterocycles. The quantitative estimate of drug-likeness (QED) is 0.451. The molecule has 0 bridgehead atoms. The maximum atomic E-state index is 13.0. The summed E-state index contributed by atoms with van der Waals surface area (Å²) in [4.78, 5) is 14.9. The SMILES string of the molecule is COc1ccc2c(c1)CC[C@@H]1[C@@H]2CC[C@]2(C)[C@@H]3OC(=O)N(Cc4ccc(Cl)c(Cl)c4)C[C@@H]3C[C@@H]12. The lowest BCUT2D eigenvalue weighted by Gasteiger charge is -2.51. The first-order valence-corrected chi connectivity index (χ1v) is 13.2. The van der Waals surface area contributed by atoms with Crippen LogP contribution < -0.4 is 4.74 Å². The molecular formula is C28H31Cl2NO3. The van der Waals surface area contributed by atoms with Crippen LogP contribution in [0.4, 0.5) is 4.79 Å². The summed E-state index contributed by atoms with van der Waals surface area (Å²) in [6.45, 7) is 3.65. The largest absolute Gasteiger partial charge is 0.497 e. The van der Waals surface area contributed by atoms with E-state index in [2.05, 4.69) is 25.1 Å².